The molecule has 3 aromatic rings. The third kappa shape index (κ3) is 5.77. The molecule has 0 radical (unpaired) electrons. The molecule has 0 unspecified atom stereocenters. The zero-order chi connectivity index (χ0) is 26.7. The molecule has 0 atom stereocenters. The van der Waals surface area contributed by atoms with Gasteiger partial charge in [-0.05, 0) is 24.3 Å². The van der Waals surface area contributed by atoms with Crippen molar-refractivity contribution in [1.82, 2.24) is 19.4 Å². The van der Waals surface area contributed by atoms with E-state index in [1.807, 2.05) is 0 Å². The molecule has 1 saturated heterocycles. The topological polar surface area (TPSA) is 99.9 Å². The molecular weight excluding hydrogens is 511 g/mol. The van der Waals surface area contributed by atoms with Crippen molar-refractivity contribution in [1.29, 1.82) is 0 Å². The first-order chi connectivity index (χ1) is 17.6. The lowest BCUT2D eigenvalue weighted by molar-refractivity contribution is -0.135. The van der Waals surface area contributed by atoms with Gasteiger partial charge >= 0.3 is 16.6 Å². The molecule has 13 heteroatoms. The molecule has 0 saturated carbocycles. The van der Waals surface area contributed by atoms with Gasteiger partial charge in [0.2, 0.25) is 11.8 Å². The molecule has 0 bridgehead atoms. The number of amides is 1. The standard InChI is InChI=1S/C24H26F3N5O4S/c1-16(2)24(33)30-10-12-31(13-11-30)37(34,35)32(19-6-4-3-5-7-19)15-18-9-8-17(14-20(18)25)22-28-29-23(36-22)21(26)27/h3-9,14,16,21H,10-13,15H2,1-2H3. The van der Waals surface area contributed by atoms with Gasteiger partial charge in [-0.2, -0.15) is 21.5 Å². The third-order valence-corrected chi connectivity index (χ3v) is 7.85. The summed E-state index contributed by atoms with van der Waals surface area (Å²) in [5.74, 6) is -2.15. The summed E-state index contributed by atoms with van der Waals surface area (Å²) in [6.07, 6.45) is -2.96. The molecule has 2 heterocycles. The summed E-state index contributed by atoms with van der Waals surface area (Å²) < 4.78 is 75.2. The number of carbonyl (C=O) groups excluding carboxylic acids is 1. The maximum atomic E-state index is 15.1. The van der Waals surface area contributed by atoms with E-state index in [1.165, 1.54) is 16.4 Å². The number of carbonyl (C=O) groups is 1. The second kappa shape index (κ2) is 10.9. The summed E-state index contributed by atoms with van der Waals surface area (Å²) in [5.41, 5.74) is 0.476. The van der Waals surface area contributed by atoms with Gasteiger partial charge in [0.05, 0.1) is 12.2 Å². The van der Waals surface area contributed by atoms with Crippen LogP contribution in [0.25, 0.3) is 11.5 Å². The van der Waals surface area contributed by atoms with Gasteiger partial charge in [-0.1, -0.05) is 38.1 Å². The largest absolute Gasteiger partial charge is 0.415 e. The highest BCUT2D eigenvalue weighted by Crippen LogP contribution is 2.28. The van der Waals surface area contributed by atoms with Crippen LogP contribution < -0.4 is 4.31 Å². The molecule has 2 aromatic carbocycles. The lowest BCUT2D eigenvalue weighted by Crippen LogP contribution is -2.54. The van der Waals surface area contributed by atoms with Gasteiger partial charge < -0.3 is 9.32 Å². The van der Waals surface area contributed by atoms with E-state index in [1.54, 1.807) is 49.1 Å². The number of halogens is 3. The van der Waals surface area contributed by atoms with E-state index in [9.17, 15) is 22.0 Å². The van der Waals surface area contributed by atoms with E-state index in [2.05, 4.69) is 10.2 Å². The fourth-order valence-electron chi connectivity index (χ4n) is 3.95. The minimum Gasteiger partial charge on any atom is -0.415 e. The molecule has 0 N–H and O–H groups in total. The first-order valence-corrected chi connectivity index (χ1v) is 13.0. The van der Waals surface area contributed by atoms with Gasteiger partial charge in [-0.15, -0.1) is 10.2 Å². The molecule has 0 spiro atoms. The van der Waals surface area contributed by atoms with Crippen molar-refractivity contribution in [2.45, 2.75) is 26.8 Å². The third-order valence-electron chi connectivity index (χ3n) is 5.93. The van der Waals surface area contributed by atoms with E-state index >= 15 is 4.39 Å². The highest BCUT2D eigenvalue weighted by atomic mass is 32.2. The second-order valence-corrected chi connectivity index (χ2v) is 10.6. The smallest absolute Gasteiger partial charge is 0.314 e. The Balaban J connectivity index is 1.59. The number of alkyl halides is 2. The first kappa shape index (κ1) is 26.6. The van der Waals surface area contributed by atoms with E-state index in [-0.39, 0.29) is 61.6 Å². The van der Waals surface area contributed by atoms with Gasteiger partial charge in [0.1, 0.15) is 5.82 Å². The molecule has 9 nitrogen and oxygen atoms in total. The number of benzene rings is 2. The Kier molecular flexibility index (Phi) is 7.83. The summed E-state index contributed by atoms with van der Waals surface area (Å²) in [6, 6.07) is 12.1. The Morgan fingerprint density at radius 1 is 1.05 bits per heavy atom. The molecule has 1 fully saturated rings. The molecule has 1 aliphatic heterocycles. The summed E-state index contributed by atoms with van der Waals surface area (Å²) in [5, 5.41) is 6.75. The lowest BCUT2D eigenvalue weighted by atomic mass is 10.1. The number of rotatable bonds is 8. The highest BCUT2D eigenvalue weighted by Gasteiger charge is 2.34. The molecule has 1 aromatic heterocycles. The van der Waals surface area contributed by atoms with Gasteiger partial charge in [-0.25, -0.2) is 4.39 Å². The fourth-order valence-corrected chi connectivity index (χ4v) is 5.54. The molecule has 0 aliphatic carbocycles. The van der Waals surface area contributed by atoms with Crippen molar-refractivity contribution < 1.29 is 30.8 Å². The second-order valence-electron chi connectivity index (χ2n) is 8.78. The van der Waals surface area contributed by atoms with Crippen LogP contribution in [0.1, 0.15) is 31.7 Å². The summed E-state index contributed by atoms with van der Waals surface area (Å²) in [4.78, 5) is 13.9. The van der Waals surface area contributed by atoms with Crippen LogP contribution in [0, 0.1) is 11.7 Å². The van der Waals surface area contributed by atoms with E-state index < -0.39 is 28.3 Å². The number of aromatic nitrogens is 2. The molecule has 4 rings (SSSR count). The van der Waals surface area contributed by atoms with Crippen LogP contribution >= 0.6 is 0 Å². The average Bonchev–Trinajstić information content (AvgIpc) is 3.39. The van der Waals surface area contributed by atoms with Crippen molar-refractivity contribution >= 4 is 21.8 Å². The monoisotopic (exact) mass is 537 g/mol. The highest BCUT2D eigenvalue weighted by molar-refractivity contribution is 7.90. The molecule has 37 heavy (non-hydrogen) atoms. The first-order valence-electron chi connectivity index (χ1n) is 11.6. The van der Waals surface area contributed by atoms with Crippen LogP contribution in [0.4, 0.5) is 18.9 Å². The van der Waals surface area contributed by atoms with E-state index in [4.69, 9.17) is 4.42 Å². The molecule has 1 aliphatic rings. The minimum atomic E-state index is -4.09. The number of hydrogen-bond acceptors (Lipinski definition) is 6. The molecule has 198 valence electrons. The number of anilines is 1. The van der Waals surface area contributed by atoms with E-state index in [0.717, 1.165) is 10.4 Å². The minimum absolute atomic E-state index is 0.0407. The van der Waals surface area contributed by atoms with E-state index in [0.29, 0.717) is 5.69 Å². The summed E-state index contributed by atoms with van der Waals surface area (Å²) >= 11 is 0. The van der Waals surface area contributed by atoms with Crippen molar-refractivity contribution in [3.8, 4) is 11.5 Å². The van der Waals surface area contributed by atoms with Crippen LogP contribution in [-0.2, 0) is 21.5 Å². The Bertz CT molecular complexity index is 1340. The van der Waals surface area contributed by atoms with Crippen LogP contribution in [0.5, 0.6) is 0 Å². The lowest BCUT2D eigenvalue weighted by Gasteiger charge is -2.38. The number of para-hydroxylation sites is 1. The van der Waals surface area contributed by atoms with Crippen molar-refractivity contribution in [3.63, 3.8) is 0 Å². The van der Waals surface area contributed by atoms with Crippen molar-refractivity contribution in [2.75, 3.05) is 30.5 Å². The Labute approximate surface area is 212 Å². The van der Waals surface area contributed by atoms with Gasteiger partial charge in [-0.3, -0.25) is 9.10 Å². The number of nitrogens with zero attached hydrogens (tertiary/aromatic N) is 5. The SMILES string of the molecule is CC(C)C(=O)N1CCN(S(=O)(=O)N(Cc2ccc(-c3nnc(C(F)F)o3)cc2F)c2ccccc2)CC1. The van der Waals surface area contributed by atoms with Gasteiger partial charge in [0.15, 0.2) is 0 Å². The van der Waals surface area contributed by atoms with Gasteiger partial charge in [0, 0.05) is 43.2 Å². The number of hydrogen-bond donors (Lipinski definition) is 0. The van der Waals surface area contributed by atoms with Crippen LogP contribution in [0.2, 0.25) is 0 Å². The van der Waals surface area contributed by atoms with Crippen molar-refractivity contribution in [2.24, 2.45) is 5.92 Å². The van der Waals surface area contributed by atoms with Crippen LogP contribution in [0.3, 0.4) is 0 Å². The quantitative estimate of drug-likeness (QED) is 0.433. The Hall–Kier alpha value is -3.45. The molecule has 1 amide bonds. The Morgan fingerprint density at radius 3 is 2.30 bits per heavy atom. The van der Waals surface area contributed by atoms with Crippen LogP contribution in [0.15, 0.2) is 52.9 Å². The van der Waals surface area contributed by atoms with Crippen molar-refractivity contribution in [3.05, 3.63) is 65.8 Å². The fraction of sp³-hybridized carbons (Fsp3) is 0.375. The average molecular weight is 538 g/mol. The normalized spacial score (nSPS) is 14.9. The summed E-state index contributed by atoms with van der Waals surface area (Å²) in [7, 11) is -4.09. The predicted octanol–water partition coefficient (Wildman–Crippen LogP) is 3.86. The zero-order valence-electron chi connectivity index (χ0n) is 20.2. The van der Waals surface area contributed by atoms with Crippen LogP contribution in [-0.4, -0.2) is 59.9 Å². The van der Waals surface area contributed by atoms with Gasteiger partial charge in [0.25, 0.3) is 5.89 Å². The maximum absolute atomic E-state index is 15.1. The summed E-state index contributed by atoms with van der Waals surface area (Å²) in [6.45, 7) is 3.98. The Morgan fingerprint density at radius 2 is 1.73 bits per heavy atom. The zero-order valence-corrected chi connectivity index (χ0v) is 21.0. The number of piperazine rings is 1. The maximum Gasteiger partial charge on any atom is 0.314 e. The predicted molar refractivity (Wildman–Crippen MR) is 129 cm³/mol. The molecular formula is C24H26F3N5O4S.